The summed E-state index contributed by atoms with van der Waals surface area (Å²) >= 11 is 0. The molecule has 0 saturated carbocycles. The minimum Gasteiger partial charge on any atom is -0.398 e. The molecular formula is C14H21FN2O2S. The quantitative estimate of drug-likeness (QED) is 0.873. The summed E-state index contributed by atoms with van der Waals surface area (Å²) in [5, 5.41) is 0. The molecule has 1 aromatic rings. The van der Waals surface area contributed by atoms with Gasteiger partial charge >= 0.3 is 0 Å². The molecule has 1 aliphatic heterocycles. The van der Waals surface area contributed by atoms with Crippen molar-refractivity contribution >= 4 is 15.7 Å². The van der Waals surface area contributed by atoms with Crippen molar-refractivity contribution in [1.29, 1.82) is 0 Å². The number of nitrogens with two attached hydrogens (primary N) is 1. The number of nitrogens with zero attached hydrogens (tertiary/aromatic N) is 1. The molecule has 2 N–H and O–H groups in total. The molecular weight excluding hydrogens is 279 g/mol. The van der Waals surface area contributed by atoms with Crippen molar-refractivity contribution in [3.05, 3.63) is 24.0 Å². The second-order valence-corrected chi connectivity index (χ2v) is 7.14. The van der Waals surface area contributed by atoms with E-state index in [9.17, 15) is 12.8 Å². The van der Waals surface area contributed by atoms with E-state index < -0.39 is 15.8 Å². The SMILES string of the molecule is CCC1CCCN(S(=O)(=O)c2c(N)cccc2F)CC1. The Balaban J connectivity index is 2.31. The summed E-state index contributed by atoms with van der Waals surface area (Å²) in [4.78, 5) is -0.380. The van der Waals surface area contributed by atoms with Crippen LogP contribution < -0.4 is 5.73 Å². The maximum Gasteiger partial charge on any atom is 0.248 e. The molecule has 0 aliphatic carbocycles. The van der Waals surface area contributed by atoms with Gasteiger partial charge in [0, 0.05) is 13.1 Å². The molecule has 1 atom stereocenters. The molecule has 0 spiro atoms. The highest BCUT2D eigenvalue weighted by molar-refractivity contribution is 7.89. The first-order chi connectivity index (χ1) is 9.46. The summed E-state index contributed by atoms with van der Waals surface area (Å²) in [7, 11) is -3.85. The van der Waals surface area contributed by atoms with Gasteiger partial charge in [-0.2, -0.15) is 4.31 Å². The minimum absolute atomic E-state index is 0.0266. The summed E-state index contributed by atoms with van der Waals surface area (Å²) in [6.45, 7) is 2.99. The molecule has 1 saturated heterocycles. The number of halogens is 1. The smallest absolute Gasteiger partial charge is 0.248 e. The predicted octanol–water partition coefficient (Wildman–Crippen LogP) is 2.61. The molecule has 1 heterocycles. The van der Waals surface area contributed by atoms with Crippen molar-refractivity contribution in [2.24, 2.45) is 5.92 Å². The van der Waals surface area contributed by atoms with Gasteiger partial charge in [-0.1, -0.05) is 19.4 Å². The van der Waals surface area contributed by atoms with Crippen molar-refractivity contribution in [1.82, 2.24) is 4.31 Å². The number of hydrogen-bond donors (Lipinski definition) is 1. The first-order valence-electron chi connectivity index (χ1n) is 7.01. The second kappa shape index (κ2) is 6.10. The van der Waals surface area contributed by atoms with E-state index in [0.29, 0.717) is 19.0 Å². The third kappa shape index (κ3) is 2.96. The summed E-state index contributed by atoms with van der Waals surface area (Å²) in [5.41, 5.74) is 5.63. The van der Waals surface area contributed by atoms with Gasteiger partial charge in [-0.15, -0.1) is 0 Å². The van der Waals surface area contributed by atoms with E-state index in [0.717, 1.165) is 31.7 Å². The number of hydrogen-bond acceptors (Lipinski definition) is 3. The Morgan fingerprint density at radius 1 is 1.35 bits per heavy atom. The second-order valence-electron chi connectivity index (χ2n) is 5.27. The first-order valence-corrected chi connectivity index (χ1v) is 8.45. The van der Waals surface area contributed by atoms with Crippen LogP contribution in [-0.4, -0.2) is 25.8 Å². The molecule has 0 bridgehead atoms. The molecule has 2 rings (SSSR count). The van der Waals surface area contributed by atoms with Gasteiger partial charge in [0.05, 0.1) is 5.69 Å². The van der Waals surface area contributed by atoms with Crippen LogP contribution in [0.1, 0.15) is 32.6 Å². The molecule has 6 heteroatoms. The largest absolute Gasteiger partial charge is 0.398 e. The number of nitrogen functional groups attached to an aromatic ring is 1. The van der Waals surface area contributed by atoms with Crippen LogP contribution in [0.15, 0.2) is 23.1 Å². The first kappa shape index (κ1) is 15.3. The van der Waals surface area contributed by atoms with Gasteiger partial charge in [0.15, 0.2) is 0 Å². The molecule has 20 heavy (non-hydrogen) atoms. The zero-order valence-electron chi connectivity index (χ0n) is 11.7. The van der Waals surface area contributed by atoms with Crippen molar-refractivity contribution in [2.45, 2.75) is 37.5 Å². The van der Waals surface area contributed by atoms with Crippen LogP contribution in [-0.2, 0) is 10.0 Å². The van der Waals surface area contributed by atoms with E-state index in [1.165, 1.54) is 16.4 Å². The van der Waals surface area contributed by atoms with Crippen molar-refractivity contribution in [2.75, 3.05) is 18.8 Å². The topological polar surface area (TPSA) is 63.4 Å². The Bertz CT molecular complexity index is 554. The molecule has 1 unspecified atom stereocenters. The fourth-order valence-electron chi connectivity index (χ4n) is 2.71. The van der Waals surface area contributed by atoms with Crippen LogP contribution in [0, 0.1) is 11.7 Å². The normalized spacial score (nSPS) is 21.6. The van der Waals surface area contributed by atoms with E-state index in [1.54, 1.807) is 0 Å². The van der Waals surface area contributed by atoms with E-state index in [-0.39, 0.29) is 10.6 Å². The third-order valence-corrected chi connectivity index (χ3v) is 5.97. The molecule has 0 radical (unpaired) electrons. The summed E-state index contributed by atoms with van der Waals surface area (Å²) in [6.07, 6.45) is 3.71. The average molecular weight is 300 g/mol. The van der Waals surface area contributed by atoms with Crippen molar-refractivity contribution in [3.63, 3.8) is 0 Å². The monoisotopic (exact) mass is 300 g/mol. The standard InChI is InChI=1S/C14H21FN2O2S/c1-2-11-5-4-9-17(10-8-11)20(18,19)14-12(15)6-3-7-13(14)16/h3,6-7,11H,2,4-5,8-10,16H2,1H3. The highest BCUT2D eigenvalue weighted by Crippen LogP contribution is 2.29. The van der Waals surface area contributed by atoms with Gasteiger partial charge in [-0.25, -0.2) is 12.8 Å². The number of anilines is 1. The Labute approximate surface area is 119 Å². The highest BCUT2D eigenvalue weighted by atomic mass is 32.2. The summed E-state index contributed by atoms with van der Waals surface area (Å²) in [6, 6.07) is 3.97. The van der Waals surface area contributed by atoms with Crippen LogP contribution in [0.2, 0.25) is 0 Å². The summed E-state index contributed by atoms with van der Waals surface area (Å²) in [5.74, 6) is -0.227. The number of rotatable bonds is 3. The molecule has 4 nitrogen and oxygen atoms in total. The zero-order chi connectivity index (χ0) is 14.8. The number of sulfonamides is 1. The van der Waals surface area contributed by atoms with Crippen LogP contribution in [0.4, 0.5) is 10.1 Å². The zero-order valence-corrected chi connectivity index (χ0v) is 12.5. The van der Waals surface area contributed by atoms with Gasteiger partial charge < -0.3 is 5.73 Å². The molecule has 1 aliphatic rings. The molecule has 112 valence electrons. The molecule has 0 aromatic heterocycles. The maximum atomic E-state index is 13.9. The van der Waals surface area contributed by atoms with Crippen LogP contribution in [0.5, 0.6) is 0 Å². The maximum absolute atomic E-state index is 13.9. The van der Waals surface area contributed by atoms with Crippen molar-refractivity contribution in [3.8, 4) is 0 Å². The average Bonchev–Trinajstić information content (AvgIpc) is 2.63. The van der Waals surface area contributed by atoms with Crippen LogP contribution >= 0.6 is 0 Å². The Hall–Kier alpha value is -1.14. The predicted molar refractivity (Wildman–Crippen MR) is 77.2 cm³/mol. The van der Waals surface area contributed by atoms with Crippen LogP contribution in [0.3, 0.4) is 0 Å². The highest BCUT2D eigenvalue weighted by Gasteiger charge is 2.31. The van der Waals surface area contributed by atoms with Gasteiger partial charge in [0.25, 0.3) is 0 Å². The Morgan fingerprint density at radius 2 is 2.10 bits per heavy atom. The van der Waals surface area contributed by atoms with E-state index in [2.05, 4.69) is 6.92 Å². The lowest BCUT2D eigenvalue weighted by atomic mass is 9.98. The summed E-state index contributed by atoms with van der Waals surface area (Å²) < 4.78 is 40.4. The van der Waals surface area contributed by atoms with Gasteiger partial charge in [0.2, 0.25) is 10.0 Å². The lowest BCUT2D eigenvalue weighted by Gasteiger charge is -2.21. The van der Waals surface area contributed by atoms with Crippen LogP contribution in [0.25, 0.3) is 0 Å². The van der Waals surface area contributed by atoms with E-state index in [1.807, 2.05) is 0 Å². The fourth-order valence-corrected chi connectivity index (χ4v) is 4.37. The Morgan fingerprint density at radius 3 is 2.75 bits per heavy atom. The molecule has 1 aromatic carbocycles. The lowest BCUT2D eigenvalue weighted by molar-refractivity contribution is 0.405. The van der Waals surface area contributed by atoms with Gasteiger partial charge in [-0.3, -0.25) is 0 Å². The molecule has 0 amide bonds. The van der Waals surface area contributed by atoms with Gasteiger partial charge in [0.1, 0.15) is 10.7 Å². The van der Waals surface area contributed by atoms with Gasteiger partial charge in [-0.05, 0) is 37.3 Å². The van der Waals surface area contributed by atoms with Crippen molar-refractivity contribution < 1.29 is 12.8 Å². The fraction of sp³-hybridized carbons (Fsp3) is 0.571. The molecule has 1 fully saturated rings. The number of benzene rings is 1. The lowest BCUT2D eigenvalue weighted by Crippen LogP contribution is -2.33. The Kier molecular flexibility index (Phi) is 4.65. The minimum atomic E-state index is -3.85. The van der Waals surface area contributed by atoms with E-state index >= 15 is 0 Å². The third-order valence-electron chi connectivity index (χ3n) is 3.98. The van der Waals surface area contributed by atoms with E-state index in [4.69, 9.17) is 5.73 Å².